The van der Waals surface area contributed by atoms with Gasteiger partial charge in [-0.2, -0.15) is 10.1 Å². The highest BCUT2D eigenvalue weighted by atomic mass is 16.5. The summed E-state index contributed by atoms with van der Waals surface area (Å²) in [6.07, 6.45) is 9.09. The molecule has 23 heavy (non-hydrogen) atoms. The Bertz CT molecular complexity index is 740. The van der Waals surface area contributed by atoms with Crippen molar-refractivity contribution in [2.24, 2.45) is 0 Å². The van der Waals surface area contributed by atoms with Crippen LogP contribution in [0.5, 0.6) is 0 Å². The fourth-order valence-electron chi connectivity index (χ4n) is 2.96. The molecular formula is C15H17N7O. The molecule has 3 aromatic heterocycles. The number of hydrogen-bond donors (Lipinski definition) is 0. The number of nitrogens with zero attached hydrogens (tertiary/aromatic N) is 7. The maximum atomic E-state index is 5.40. The maximum absolute atomic E-state index is 5.40. The quantitative estimate of drug-likeness (QED) is 0.703. The number of rotatable bonds is 5. The average Bonchev–Trinajstić information content (AvgIpc) is 3.33. The van der Waals surface area contributed by atoms with Crippen LogP contribution in [-0.4, -0.2) is 47.4 Å². The molecule has 0 saturated carbocycles. The molecule has 118 valence electrons. The van der Waals surface area contributed by atoms with Gasteiger partial charge in [0.15, 0.2) is 0 Å². The minimum atomic E-state index is 0.422. The Hall–Kier alpha value is -2.61. The lowest BCUT2D eigenvalue weighted by Gasteiger charge is -2.22. The Morgan fingerprint density at radius 3 is 3.13 bits per heavy atom. The summed E-state index contributed by atoms with van der Waals surface area (Å²) in [5.41, 5.74) is 0.864. The third kappa shape index (κ3) is 3.11. The summed E-state index contributed by atoms with van der Waals surface area (Å²) in [6.45, 7) is 2.53. The van der Waals surface area contributed by atoms with Crippen LogP contribution in [0.4, 0.5) is 0 Å². The van der Waals surface area contributed by atoms with Crippen molar-refractivity contribution in [2.45, 2.75) is 32.0 Å². The van der Waals surface area contributed by atoms with Crippen molar-refractivity contribution in [3.8, 4) is 11.4 Å². The summed E-state index contributed by atoms with van der Waals surface area (Å²) in [7, 11) is 0. The third-order valence-electron chi connectivity index (χ3n) is 4.09. The molecule has 1 fully saturated rings. The molecule has 0 N–H and O–H groups in total. The lowest BCUT2D eigenvalue weighted by molar-refractivity contribution is 0.192. The number of likely N-dealkylation sites (tertiary alicyclic amines) is 1. The van der Waals surface area contributed by atoms with Crippen molar-refractivity contribution in [1.82, 2.24) is 34.8 Å². The number of hydrogen-bond acceptors (Lipinski definition) is 7. The van der Waals surface area contributed by atoms with Crippen molar-refractivity contribution < 1.29 is 4.52 Å². The summed E-state index contributed by atoms with van der Waals surface area (Å²) >= 11 is 0. The Labute approximate surface area is 133 Å². The standard InChI is InChI=1S/C15H17N7O/c1-3-12(7-16-5-1)15-19-14(23-20-15)9-21-6-2-4-13(21)8-22-11-17-10-18-22/h1,3,5,7,10-11,13H,2,4,6,8-9H2. The molecule has 4 heterocycles. The summed E-state index contributed by atoms with van der Waals surface area (Å²) < 4.78 is 7.27. The molecule has 0 aliphatic carbocycles. The van der Waals surface area contributed by atoms with E-state index in [1.54, 1.807) is 25.0 Å². The minimum absolute atomic E-state index is 0.422. The van der Waals surface area contributed by atoms with Crippen LogP contribution in [0.3, 0.4) is 0 Å². The lowest BCUT2D eigenvalue weighted by Crippen LogP contribution is -2.32. The van der Waals surface area contributed by atoms with Gasteiger partial charge in [-0.1, -0.05) is 5.16 Å². The van der Waals surface area contributed by atoms with Crippen molar-refractivity contribution in [3.63, 3.8) is 0 Å². The lowest BCUT2D eigenvalue weighted by atomic mass is 10.2. The Kier molecular flexibility index (Phi) is 3.81. The van der Waals surface area contributed by atoms with Gasteiger partial charge in [-0.15, -0.1) is 0 Å². The second-order valence-corrected chi connectivity index (χ2v) is 5.64. The second-order valence-electron chi connectivity index (χ2n) is 5.64. The molecule has 8 nitrogen and oxygen atoms in total. The zero-order valence-corrected chi connectivity index (χ0v) is 12.6. The molecule has 4 rings (SSSR count). The van der Waals surface area contributed by atoms with Crippen LogP contribution in [0, 0.1) is 0 Å². The first-order valence-corrected chi connectivity index (χ1v) is 7.68. The molecule has 0 spiro atoms. The van der Waals surface area contributed by atoms with Gasteiger partial charge in [-0.25, -0.2) is 4.98 Å². The highest BCUT2D eigenvalue weighted by Gasteiger charge is 2.26. The SMILES string of the molecule is c1cncc(-c2noc(CN3CCCC3Cn3cncn3)n2)c1. The van der Waals surface area contributed by atoms with Crippen LogP contribution in [0.2, 0.25) is 0 Å². The molecule has 0 bridgehead atoms. The van der Waals surface area contributed by atoms with Crippen molar-refractivity contribution in [3.05, 3.63) is 43.1 Å². The minimum Gasteiger partial charge on any atom is -0.338 e. The molecule has 1 unspecified atom stereocenters. The largest absolute Gasteiger partial charge is 0.338 e. The van der Waals surface area contributed by atoms with E-state index in [0.717, 1.165) is 25.1 Å². The second kappa shape index (κ2) is 6.25. The van der Waals surface area contributed by atoms with Crippen LogP contribution >= 0.6 is 0 Å². The smallest absolute Gasteiger partial charge is 0.241 e. The van der Waals surface area contributed by atoms with E-state index in [1.807, 2.05) is 16.8 Å². The van der Waals surface area contributed by atoms with Crippen LogP contribution < -0.4 is 0 Å². The highest BCUT2D eigenvalue weighted by Crippen LogP contribution is 2.22. The van der Waals surface area contributed by atoms with Crippen molar-refractivity contribution in [2.75, 3.05) is 6.54 Å². The maximum Gasteiger partial charge on any atom is 0.241 e. The molecule has 0 amide bonds. The molecule has 1 aliphatic rings. The van der Waals surface area contributed by atoms with E-state index in [1.165, 1.54) is 6.42 Å². The van der Waals surface area contributed by atoms with Crippen LogP contribution in [-0.2, 0) is 13.1 Å². The molecule has 8 heteroatoms. The van der Waals surface area contributed by atoms with E-state index < -0.39 is 0 Å². The van der Waals surface area contributed by atoms with E-state index in [2.05, 4.69) is 30.1 Å². The van der Waals surface area contributed by atoms with Gasteiger partial charge >= 0.3 is 0 Å². The monoisotopic (exact) mass is 311 g/mol. The van der Waals surface area contributed by atoms with Gasteiger partial charge < -0.3 is 4.52 Å². The normalized spacial score (nSPS) is 18.5. The highest BCUT2D eigenvalue weighted by molar-refractivity contribution is 5.51. The first-order chi connectivity index (χ1) is 11.4. The van der Waals surface area contributed by atoms with Gasteiger partial charge in [-0.05, 0) is 31.5 Å². The zero-order chi connectivity index (χ0) is 15.5. The Morgan fingerprint density at radius 1 is 1.30 bits per heavy atom. The van der Waals surface area contributed by atoms with Gasteiger partial charge in [-0.3, -0.25) is 14.6 Å². The fourth-order valence-corrected chi connectivity index (χ4v) is 2.96. The van der Waals surface area contributed by atoms with Crippen LogP contribution in [0.15, 0.2) is 41.7 Å². The predicted octanol–water partition coefficient (Wildman–Crippen LogP) is 1.39. The summed E-state index contributed by atoms with van der Waals surface area (Å²) in [5.74, 6) is 1.22. The Morgan fingerprint density at radius 2 is 2.30 bits per heavy atom. The fraction of sp³-hybridized carbons (Fsp3) is 0.400. The topological polar surface area (TPSA) is 85.8 Å². The summed E-state index contributed by atoms with van der Waals surface area (Å²) in [5, 5.41) is 8.23. The molecule has 1 atom stereocenters. The third-order valence-corrected chi connectivity index (χ3v) is 4.09. The first-order valence-electron chi connectivity index (χ1n) is 7.68. The van der Waals surface area contributed by atoms with E-state index in [-0.39, 0.29) is 0 Å². The van der Waals surface area contributed by atoms with Crippen LogP contribution in [0.1, 0.15) is 18.7 Å². The Balaban J connectivity index is 1.44. The summed E-state index contributed by atoms with van der Waals surface area (Å²) in [6, 6.07) is 4.20. The molecular weight excluding hydrogens is 294 g/mol. The molecule has 1 saturated heterocycles. The van der Waals surface area contributed by atoms with E-state index in [9.17, 15) is 0 Å². The predicted molar refractivity (Wildman–Crippen MR) is 81.0 cm³/mol. The first kappa shape index (κ1) is 14.0. The molecule has 0 aromatic carbocycles. The van der Waals surface area contributed by atoms with Gasteiger partial charge in [0.05, 0.1) is 13.1 Å². The average molecular weight is 311 g/mol. The van der Waals surface area contributed by atoms with Gasteiger partial charge in [0.1, 0.15) is 12.7 Å². The molecule has 3 aromatic rings. The molecule has 1 aliphatic heterocycles. The number of pyridine rings is 1. The van der Waals surface area contributed by atoms with E-state index >= 15 is 0 Å². The molecule has 0 radical (unpaired) electrons. The number of aromatic nitrogens is 6. The van der Waals surface area contributed by atoms with E-state index in [0.29, 0.717) is 24.3 Å². The van der Waals surface area contributed by atoms with Gasteiger partial charge in [0.25, 0.3) is 0 Å². The van der Waals surface area contributed by atoms with Crippen molar-refractivity contribution >= 4 is 0 Å². The zero-order valence-electron chi connectivity index (χ0n) is 12.6. The van der Waals surface area contributed by atoms with E-state index in [4.69, 9.17) is 4.52 Å². The van der Waals surface area contributed by atoms with Gasteiger partial charge in [0.2, 0.25) is 11.7 Å². The van der Waals surface area contributed by atoms with Crippen LogP contribution in [0.25, 0.3) is 11.4 Å². The van der Waals surface area contributed by atoms with Crippen molar-refractivity contribution in [1.29, 1.82) is 0 Å². The van der Waals surface area contributed by atoms with Gasteiger partial charge in [0, 0.05) is 24.0 Å². The summed E-state index contributed by atoms with van der Waals surface area (Å²) in [4.78, 5) is 14.9.